The van der Waals surface area contributed by atoms with E-state index < -0.39 is 29.3 Å². The Morgan fingerprint density at radius 2 is 1.55 bits per heavy atom. The molecule has 2 atom stereocenters. The van der Waals surface area contributed by atoms with Crippen LogP contribution < -0.4 is 10.0 Å². The van der Waals surface area contributed by atoms with Crippen molar-refractivity contribution in [1.82, 2.24) is 20.2 Å². The van der Waals surface area contributed by atoms with Crippen molar-refractivity contribution in [2.45, 2.75) is 12.5 Å². The molecule has 8 nitrogen and oxygen atoms in total. The normalized spacial score (nSPS) is 13.0. The maximum absolute atomic E-state index is 13.5. The van der Waals surface area contributed by atoms with Crippen LogP contribution in [0.15, 0.2) is 65.3 Å². The highest BCUT2D eigenvalue weighted by atomic mass is 32.2. The van der Waals surface area contributed by atoms with Gasteiger partial charge in [0.1, 0.15) is 16.8 Å². The minimum absolute atomic E-state index is 0.122. The number of hydrogen-bond donors (Lipinski definition) is 2. The number of nitrogens with one attached hydrogen (secondary N) is 2. The van der Waals surface area contributed by atoms with Crippen molar-refractivity contribution >= 4 is 22.6 Å². The van der Waals surface area contributed by atoms with Crippen LogP contribution in [0, 0.1) is 5.82 Å². The van der Waals surface area contributed by atoms with E-state index in [1.807, 2.05) is 12.1 Å². The fourth-order valence-electron chi connectivity index (χ4n) is 3.01. The van der Waals surface area contributed by atoms with Crippen LogP contribution >= 0.6 is 0 Å². The van der Waals surface area contributed by atoms with E-state index in [9.17, 15) is 17.4 Å². The molecule has 0 saturated heterocycles. The summed E-state index contributed by atoms with van der Waals surface area (Å²) in [6.07, 6.45) is 1.39. The first-order valence-electron chi connectivity index (χ1n) is 9.55. The van der Waals surface area contributed by atoms with E-state index in [0.29, 0.717) is 5.69 Å². The van der Waals surface area contributed by atoms with Gasteiger partial charge < -0.3 is 14.5 Å². The third-order valence-corrected chi connectivity index (χ3v) is 5.03. The zero-order chi connectivity index (χ0) is 23.4. The molecule has 2 unspecified atom stereocenters. The van der Waals surface area contributed by atoms with Gasteiger partial charge in [-0.1, -0.05) is 24.3 Å². The van der Waals surface area contributed by atoms with E-state index in [-0.39, 0.29) is 23.2 Å². The first-order valence-corrected chi connectivity index (χ1v) is 11.1. The quantitative estimate of drug-likeness (QED) is 0.387. The van der Waals surface area contributed by atoms with Gasteiger partial charge in [0.15, 0.2) is 0 Å². The van der Waals surface area contributed by atoms with Crippen LogP contribution in [0.1, 0.15) is 29.5 Å². The van der Waals surface area contributed by atoms with Crippen molar-refractivity contribution < 1.29 is 21.8 Å². The maximum Gasteiger partial charge on any atom is 0.314 e. The van der Waals surface area contributed by atoms with Crippen LogP contribution in [0.2, 0.25) is 0 Å². The van der Waals surface area contributed by atoms with Crippen molar-refractivity contribution in [2.75, 3.05) is 16.3 Å². The average Bonchev–Trinajstić information content (AvgIpc) is 3.30. The fourth-order valence-corrected chi connectivity index (χ4v) is 3.47. The molecule has 0 saturated carbocycles. The van der Waals surface area contributed by atoms with Crippen molar-refractivity contribution in [3.63, 3.8) is 0 Å². The lowest BCUT2D eigenvalue weighted by atomic mass is 9.98. The van der Waals surface area contributed by atoms with Crippen LogP contribution in [0.5, 0.6) is 0 Å². The van der Waals surface area contributed by atoms with Crippen LogP contribution in [-0.2, 0) is 11.0 Å². The molecule has 170 valence electrons. The summed E-state index contributed by atoms with van der Waals surface area (Å²) in [6.45, 7) is 0. The van der Waals surface area contributed by atoms with Crippen LogP contribution in [0.3, 0.4) is 0 Å². The summed E-state index contributed by atoms with van der Waals surface area (Å²) in [5.41, 5.74) is 2.53. The second kappa shape index (κ2) is 9.77. The zero-order valence-electron chi connectivity index (χ0n) is 17.1. The molecule has 2 heterocycles. The number of nitrogens with zero attached hydrogens (tertiary/aromatic N) is 4. The Morgan fingerprint density at radius 3 is 2.09 bits per heavy atom. The Hall–Kier alpha value is -3.80. The highest BCUT2D eigenvalue weighted by molar-refractivity contribution is 7.85. The largest absolute Gasteiger partial charge is 0.415 e. The minimum Gasteiger partial charge on any atom is -0.415 e. The number of anilines is 2. The average molecular weight is 474 g/mol. The summed E-state index contributed by atoms with van der Waals surface area (Å²) in [6, 6.07) is 12.7. The van der Waals surface area contributed by atoms with Crippen molar-refractivity contribution in [3.8, 4) is 11.5 Å². The molecular formula is C21H17F3N6O2S. The molecule has 0 spiro atoms. The fraction of sp³-hybridized carbons (Fsp3) is 0.143. The molecule has 0 fully saturated rings. The number of benzene rings is 2. The summed E-state index contributed by atoms with van der Waals surface area (Å²) in [4.78, 5) is 8.42. The maximum atomic E-state index is 13.5. The summed E-state index contributed by atoms with van der Waals surface area (Å²) in [7, 11) is -1.21. The van der Waals surface area contributed by atoms with Crippen molar-refractivity contribution in [2.24, 2.45) is 0 Å². The number of halogens is 3. The van der Waals surface area contributed by atoms with Crippen LogP contribution in [-0.4, -0.2) is 30.6 Å². The van der Waals surface area contributed by atoms with Gasteiger partial charge in [0, 0.05) is 24.3 Å². The topological polar surface area (TPSA) is 106 Å². The highest BCUT2D eigenvalue weighted by Gasteiger charge is 2.19. The van der Waals surface area contributed by atoms with Gasteiger partial charge in [-0.15, -0.1) is 10.2 Å². The molecule has 0 amide bonds. The first kappa shape index (κ1) is 22.4. The summed E-state index contributed by atoms with van der Waals surface area (Å²) >= 11 is 0. The molecule has 4 aromatic rings. The van der Waals surface area contributed by atoms with Crippen molar-refractivity contribution in [1.29, 1.82) is 0 Å². The SMILES string of the molecule is CS(=O)Nc1ccc(C(Nc2ncc(-c3nnc(C(F)F)o3)cn2)c2ccc(F)cc2)cc1. The molecule has 12 heteroatoms. The van der Waals surface area contributed by atoms with E-state index in [1.54, 1.807) is 24.3 Å². The lowest BCUT2D eigenvalue weighted by molar-refractivity contribution is 0.116. The Morgan fingerprint density at radius 1 is 0.939 bits per heavy atom. The molecule has 2 aromatic carbocycles. The summed E-state index contributed by atoms with van der Waals surface area (Å²) in [5, 5.41) is 10.0. The smallest absolute Gasteiger partial charge is 0.314 e. The Kier molecular flexibility index (Phi) is 6.63. The summed E-state index contributed by atoms with van der Waals surface area (Å²) in [5.74, 6) is -1.04. The van der Waals surface area contributed by atoms with Gasteiger partial charge in [0.05, 0.1) is 11.6 Å². The van der Waals surface area contributed by atoms with E-state index >= 15 is 0 Å². The molecule has 4 rings (SSSR count). The standard InChI is InChI=1S/C21H17F3N6O2S/c1-33(31)30-16-8-4-13(5-9-16)17(12-2-6-15(22)7-3-12)27-21-25-10-14(11-26-21)19-28-29-20(32-19)18(23)24/h2-11,17-18,30H,1H3,(H,25,26,27). The first-order chi connectivity index (χ1) is 15.9. The molecule has 2 aromatic heterocycles. The van der Waals surface area contributed by atoms with Gasteiger partial charge >= 0.3 is 6.43 Å². The monoisotopic (exact) mass is 474 g/mol. The zero-order valence-corrected chi connectivity index (χ0v) is 17.9. The minimum atomic E-state index is -2.87. The van der Waals surface area contributed by atoms with Gasteiger partial charge in [-0.2, -0.15) is 8.78 Å². The highest BCUT2D eigenvalue weighted by Crippen LogP contribution is 2.28. The molecule has 33 heavy (non-hydrogen) atoms. The van der Waals surface area contributed by atoms with E-state index in [4.69, 9.17) is 4.42 Å². The Labute approximate surface area is 188 Å². The lowest BCUT2D eigenvalue weighted by Crippen LogP contribution is -2.14. The molecule has 0 bridgehead atoms. The van der Waals surface area contributed by atoms with Gasteiger partial charge in [0.2, 0.25) is 5.95 Å². The second-order valence-corrected chi connectivity index (χ2v) is 7.96. The predicted octanol–water partition coefficient (Wildman–Crippen LogP) is 4.51. The number of alkyl halides is 2. The predicted molar refractivity (Wildman–Crippen MR) is 116 cm³/mol. The molecule has 2 N–H and O–H groups in total. The Balaban J connectivity index is 1.59. The van der Waals surface area contributed by atoms with E-state index in [2.05, 4.69) is 30.2 Å². The van der Waals surface area contributed by atoms with Gasteiger partial charge in [-0.05, 0) is 35.4 Å². The van der Waals surface area contributed by atoms with Crippen LogP contribution in [0.25, 0.3) is 11.5 Å². The van der Waals surface area contributed by atoms with Crippen molar-refractivity contribution in [3.05, 3.63) is 83.8 Å². The molecule has 0 aliphatic rings. The third-order valence-electron chi connectivity index (χ3n) is 4.51. The van der Waals surface area contributed by atoms with E-state index in [1.165, 1.54) is 30.8 Å². The Bertz CT molecular complexity index is 1230. The molecule has 0 radical (unpaired) electrons. The molecular weight excluding hydrogens is 457 g/mol. The van der Waals surface area contributed by atoms with Gasteiger partial charge in [0.25, 0.3) is 11.8 Å². The second-order valence-electron chi connectivity index (χ2n) is 6.85. The van der Waals surface area contributed by atoms with E-state index in [0.717, 1.165) is 11.1 Å². The molecule has 0 aliphatic heterocycles. The van der Waals surface area contributed by atoms with Gasteiger partial charge in [-0.3, -0.25) is 0 Å². The number of rotatable bonds is 8. The number of hydrogen-bond acceptors (Lipinski definition) is 7. The molecule has 0 aliphatic carbocycles. The summed E-state index contributed by atoms with van der Waals surface area (Å²) < 4.78 is 57.9. The number of aromatic nitrogens is 4. The van der Waals surface area contributed by atoms with Gasteiger partial charge in [-0.25, -0.2) is 18.6 Å². The lowest BCUT2D eigenvalue weighted by Gasteiger charge is -2.20. The third kappa shape index (κ3) is 5.52. The van der Waals surface area contributed by atoms with Crippen LogP contribution in [0.4, 0.5) is 24.8 Å².